The van der Waals surface area contributed by atoms with Crippen molar-refractivity contribution in [3.63, 3.8) is 0 Å². The molecule has 10 rings (SSSR count). The van der Waals surface area contributed by atoms with Crippen LogP contribution in [-0.2, 0) is 5.41 Å². The molecule has 51 heavy (non-hydrogen) atoms. The standard InChI is InChI=1S/C49H35NO/c1-49(2)42-29-28-36(31-41(42)47-38(22-12-24-43(47)49)33-14-4-3-5-15-33)50(44-25-11-17-32-16-6-7-20-37(32)44)35-19-10-18-34(30-35)39-23-13-27-46-48(39)40-21-8-9-26-45(40)51-46/h3-31H,1-2H3. The summed E-state index contributed by atoms with van der Waals surface area (Å²) in [6.45, 7) is 4.72. The van der Waals surface area contributed by atoms with E-state index in [0.717, 1.165) is 50.1 Å². The second-order valence-electron chi connectivity index (χ2n) is 14.1. The normalized spacial score (nSPS) is 13.1. The van der Waals surface area contributed by atoms with Gasteiger partial charge >= 0.3 is 0 Å². The van der Waals surface area contributed by atoms with Gasteiger partial charge in [0.25, 0.3) is 0 Å². The van der Waals surface area contributed by atoms with Gasteiger partial charge in [-0.1, -0.05) is 147 Å². The number of rotatable bonds is 5. The minimum atomic E-state index is -0.121. The summed E-state index contributed by atoms with van der Waals surface area (Å²) in [6.07, 6.45) is 0. The molecule has 242 valence electrons. The number of hydrogen-bond acceptors (Lipinski definition) is 2. The fourth-order valence-electron chi connectivity index (χ4n) is 8.45. The van der Waals surface area contributed by atoms with Crippen LogP contribution in [0, 0.1) is 0 Å². The van der Waals surface area contributed by atoms with Gasteiger partial charge < -0.3 is 9.32 Å². The summed E-state index contributed by atoms with van der Waals surface area (Å²) in [6, 6.07) is 63.7. The summed E-state index contributed by atoms with van der Waals surface area (Å²) in [5, 5.41) is 4.70. The van der Waals surface area contributed by atoms with Crippen LogP contribution in [-0.4, -0.2) is 0 Å². The Hall–Kier alpha value is -6.38. The maximum absolute atomic E-state index is 6.30. The number of anilines is 3. The van der Waals surface area contributed by atoms with Crippen molar-refractivity contribution < 1.29 is 4.42 Å². The van der Waals surface area contributed by atoms with E-state index in [1.54, 1.807) is 0 Å². The molecule has 1 aromatic heterocycles. The second kappa shape index (κ2) is 11.3. The molecule has 0 bridgehead atoms. The first-order valence-electron chi connectivity index (χ1n) is 17.7. The molecule has 0 unspecified atom stereocenters. The SMILES string of the molecule is CC1(C)c2ccc(N(c3cccc(-c4cccc5oc6ccccc6c45)c3)c3cccc4ccccc34)cc2-c2c(-c3ccccc3)cccc21. The van der Waals surface area contributed by atoms with Crippen molar-refractivity contribution in [1.29, 1.82) is 0 Å². The summed E-state index contributed by atoms with van der Waals surface area (Å²) >= 11 is 0. The van der Waals surface area contributed by atoms with Crippen LogP contribution in [0.2, 0.25) is 0 Å². The molecule has 1 heterocycles. The maximum Gasteiger partial charge on any atom is 0.136 e. The van der Waals surface area contributed by atoms with E-state index in [-0.39, 0.29) is 5.41 Å². The van der Waals surface area contributed by atoms with Crippen LogP contribution < -0.4 is 4.90 Å². The van der Waals surface area contributed by atoms with E-state index in [1.807, 2.05) is 12.1 Å². The molecule has 2 heteroatoms. The van der Waals surface area contributed by atoms with E-state index in [4.69, 9.17) is 4.42 Å². The highest BCUT2D eigenvalue weighted by atomic mass is 16.3. The van der Waals surface area contributed by atoms with E-state index in [9.17, 15) is 0 Å². The first-order chi connectivity index (χ1) is 25.1. The zero-order chi connectivity index (χ0) is 34.1. The fourth-order valence-corrected chi connectivity index (χ4v) is 8.45. The van der Waals surface area contributed by atoms with Crippen LogP contribution in [0.1, 0.15) is 25.0 Å². The molecule has 0 amide bonds. The molecule has 2 nitrogen and oxygen atoms in total. The summed E-state index contributed by atoms with van der Waals surface area (Å²) < 4.78 is 6.30. The van der Waals surface area contributed by atoms with Gasteiger partial charge in [0, 0.05) is 32.9 Å². The lowest BCUT2D eigenvalue weighted by Gasteiger charge is -2.28. The molecule has 0 fully saturated rings. The largest absolute Gasteiger partial charge is 0.456 e. The molecule has 0 saturated carbocycles. The van der Waals surface area contributed by atoms with Crippen LogP contribution in [0.15, 0.2) is 180 Å². The van der Waals surface area contributed by atoms with Crippen molar-refractivity contribution in [2.45, 2.75) is 19.3 Å². The summed E-state index contributed by atoms with van der Waals surface area (Å²) in [4.78, 5) is 2.44. The van der Waals surface area contributed by atoms with Gasteiger partial charge in [-0.25, -0.2) is 0 Å². The van der Waals surface area contributed by atoms with Gasteiger partial charge in [-0.15, -0.1) is 0 Å². The van der Waals surface area contributed by atoms with E-state index in [2.05, 4.69) is 183 Å². The van der Waals surface area contributed by atoms with Crippen molar-refractivity contribution in [3.8, 4) is 33.4 Å². The molecule has 0 aliphatic heterocycles. The smallest absolute Gasteiger partial charge is 0.136 e. The van der Waals surface area contributed by atoms with Crippen molar-refractivity contribution >= 4 is 49.8 Å². The molecule has 1 aliphatic rings. The van der Waals surface area contributed by atoms with Gasteiger partial charge in [0.15, 0.2) is 0 Å². The molecule has 1 aliphatic carbocycles. The molecular formula is C49H35NO. The van der Waals surface area contributed by atoms with Gasteiger partial charge in [-0.05, 0) is 92.4 Å². The monoisotopic (exact) mass is 653 g/mol. The molecular weight excluding hydrogens is 619 g/mol. The lowest BCUT2D eigenvalue weighted by Crippen LogP contribution is -2.15. The number of furan rings is 1. The highest BCUT2D eigenvalue weighted by Crippen LogP contribution is 2.54. The molecule has 0 radical (unpaired) electrons. The topological polar surface area (TPSA) is 16.4 Å². The van der Waals surface area contributed by atoms with E-state index in [0.29, 0.717) is 0 Å². The lowest BCUT2D eigenvalue weighted by atomic mass is 9.82. The van der Waals surface area contributed by atoms with Crippen molar-refractivity contribution in [2.24, 2.45) is 0 Å². The van der Waals surface area contributed by atoms with Crippen LogP contribution in [0.5, 0.6) is 0 Å². The Morgan fingerprint density at radius 1 is 0.451 bits per heavy atom. The third-order valence-electron chi connectivity index (χ3n) is 10.9. The van der Waals surface area contributed by atoms with Gasteiger partial charge in [0.05, 0.1) is 5.69 Å². The van der Waals surface area contributed by atoms with Crippen LogP contribution in [0.25, 0.3) is 66.1 Å². The number of nitrogens with zero attached hydrogens (tertiary/aromatic N) is 1. The molecule has 0 N–H and O–H groups in total. The first kappa shape index (κ1) is 29.5. The summed E-state index contributed by atoms with van der Waals surface area (Å²) in [7, 11) is 0. The Balaban J connectivity index is 1.21. The van der Waals surface area contributed by atoms with E-state index >= 15 is 0 Å². The summed E-state index contributed by atoms with van der Waals surface area (Å²) in [5.74, 6) is 0. The lowest BCUT2D eigenvalue weighted by molar-refractivity contribution is 0.660. The average Bonchev–Trinajstić information content (AvgIpc) is 3.67. The Kier molecular flexibility index (Phi) is 6.56. The minimum absolute atomic E-state index is 0.121. The number of benzene rings is 8. The molecule has 0 saturated heterocycles. The highest BCUT2D eigenvalue weighted by Gasteiger charge is 2.37. The van der Waals surface area contributed by atoms with Gasteiger partial charge in [-0.2, -0.15) is 0 Å². The third kappa shape index (κ3) is 4.57. The molecule has 0 spiro atoms. The highest BCUT2D eigenvalue weighted by molar-refractivity contribution is 6.12. The Bertz CT molecular complexity index is 2780. The van der Waals surface area contributed by atoms with Crippen molar-refractivity contribution in [2.75, 3.05) is 4.90 Å². The molecule has 9 aromatic rings. The van der Waals surface area contributed by atoms with Crippen molar-refractivity contribution in [3.05, 3.63) is 187 Å². The average molecular weight is 654 g/mol. The number of fused-ring (bicyclic) bond motifs is 7. The number of para-hydroxylation sites is 1. The Morgan fingerprint density at radius 2 is 1.12 bits per heavy atom. The zero-order valence-electron chi connectivity index (χ0n) is 28.6. The van der Waals surface area contributed by atoms with Gasteiger partial charge in [0.2, 0.25) is 0 Å². The summed E-state index contributed by atoms with van der Waals surface area (Å²) in [5.41, 5.74) is 15.2. The fraction of sp³-hybridized carbons (Fsp3) is 0.0612. The van der Waals surface area contributed by atoms with Crippen molar-refractivity contribution in [1.82, 2.24) is 0 Å². The Labute approximate surface area is 297 Å². The number of hydrogen-bond donors (Lipinski definition) is 0. The predicted molar refractivity (Wildman–Crippen MR) is 214 cm³/mol. The molecule has 0 atom stereocenters. The zero-order valence-corrected chi connectivity index (χ0v) is 28.6. The van der Waals surface area contributed by atoms with Gasteiger partial charge in [-0.3, -0.25) is 0 Å². The van der Waals surface area contributed by atoms with Crippen LogP contribution >= 0.6 is 0 Å². The van der Waals surface area contributed by atoms with Gasteiger partial charge in [0.1, 0.15) is 11.2 Å². The van der Waals surface area contributed by atoms with Crippen LogP contribution in [0.3, 0.4) is 0 Å². The predicted octanol–water partition coefficient (Wildman–Crippen LogP) is 13.8. The third-order valence-corrected chi connectivity index (χ3v) is 10.9. The van der Waals surface area contributed by atoms with E-state index < -0.39 is 0 Å². The first-order valence-corrected chi connectivity index (χ1v) is 17.7. The minimum Gasteiger partial charge on any atom is -0.456 e. The molecule has 8 aromatic carbocycles. The maximum atomic E-state index is 6.30. The second-order valence-corrected chi connectivity index (χ2v) is 14.1. The quantitative estimate of drug-likeness (QED) is 0.184. The van der Waals surface area contributed by atoms with Crippen LogP contribution in [0.4, 0.5) is 17.1 Å². The van der Waals surface area contributed by atoms with E-state index in [1.165, 1.54) is 44.2 Å². The Morgan fingerprint density at radius 3 is 2.02 bits per heavy atom.